The number of thiophene rings is 1. The maximum absolute atomic E-state index is 12.3. The molecule has 0 aliphatic carbocycles. The zero-order chi connectivity index (χ0) is 13.8. The number of amides is 1. The predicted octanol–water partition coefficient (Wildman–Crippen LogP) is 2.96. The Hall–Kier alpha value is -0.950. The molecule has 0 radical (unpaired) electrons. The molecule has 110 valence electrons. The summed E-state index contributed by atoms with van der Waals surface area (Å²) in [6, 6.07) is 4.10. The maximum atomic E-state index is 12.3. The number of aromatic nitrogens is 1. The van der Waals surface area contributed by atoms with Crippen molar-refractivity contribution in [3.8, 4) is 0 Å². The molecule has 2 N–H and O–H groups in total. The topological polar surface area (TPSA) is 59.2 Å². The highest BCUT2D eigenvalue weighted by atomic mass is 35.5. The molecule has 20 heavy (non-hydrogen) atoms. The van der Waals surface area contributed by atoms with Gasteiger partial charge in [0.25, 0.3) is 5.91 Å². The van der Waals surface area contributed by atoms with Crippen LogP contribution in [0.15, 0.2) is 22.9 Å². The highest BCUT2D eigenvalue weighted by Crippen LogP contribution is 2.25. The van der Waals surface area contributed by atoms with Crippen molar-refractivity contribution >= 4 is 41.0 Å². The third-order valence-corrected chi connectivity index (χ3v) is 4.94. The fourth-order valence-electron chi connectivity index (χ4n) is 1.72. The van der Waals surface area contributed by atoms with Crippen LogP contribution in [-0.2, 0) is 6.42 Å². The van der Waals surface area contributed by atoms with Gasteiger partial charge in [0.2, 0.25) is 0 Å². The molecule has 4 nitrogen and oxygen atoms in total. The minimum atomic E-state index is -0.0413. The fourth-order valence-corrected chi connectivity index (χ4v) is 3.34. The van der Waals surface area contributed by atoms with Crippen molar-refractivity contribution in [1.29, 1.82) is 0 Å². The fraction of sp³-hybridized carbons (Fsp3) is 0.385. The summed E-state index contributed by atoms with van der Waals surface area (Å²) in [4.78, 5) is 19.6. The van der Waals surface area contributed by atoms with Crippen molar-refractivity contribution in [3.63, 3.8) is 0 Å². The van der Waals surface area contributed by atoms with Crippen LogP contribution in [0, 0.1) is 0 Å². The largest absolute Gasteiger partial charge is 0.333 e. The highest BCUT2D eigenvalue weighted by molar-refractivity contribution is 7.10. The van der Waals surface area contributed by atoms with Gasteiger partial charge >= 0.3 is 0 Å². The monoisotopic (exact) mass is 331 g/mol. The van der Waals surface area contributed by atoms with Gasteiger partial charge < -0.3 is 10.6 Å². The number of halogens is 1. The maximum Gasteiger partial charge on any atom is 0.273 e. The lowest BCUT2D eigenvalue weighted by molar-refractivity contribution is 0.0739. The van der Waals surface area contributed by atoms with E-state index in [0.29, 0.717) is 12.2 Å². The van der Waals surface area contributed by atoms with E-state index in [1.165, 1.54) is 16.2 Å². The van der Waals surface area contributed by atoms with Crippen LogP contribution in [0.1, 0.15) is 33.3 Å². The first-order chi connectivity index (χ1) is 9.13. The molecule has 0 aromatic carbocycles. The minimum absolute atomic E-state index is 0. The second-order valence-electron chi connectivity index (χ2n) is 4.27. The standard InChI is InChI=1S/C13H17N3OS2.ClH/c1-9(11-4-3-7-18-11)16(2)13(17)10-8-19-12(15-10)5-6-14;/h3-4,7-9H,5-6,14H2,1-2H3;1H. The molecule has 0 saturated carbocycles. The molecule has 1 unspecified atom stereocenters. The number of hydrogen-bond donors (Lipinski definition) is 1. The van der Waals surface area contributed by atoms with Crippen LogP contribution in [0.2, 0.25) is 0 Å². The number of nitrogens with two attached hydrogens (primary N) is 1. The molecule has 0 aliphatic rings. The molecule has 2 aromatic heterocycles. The van der Waals surface area contributed by atoms with E-state index in [-0.39, 0.29) is 24.4 Å². The predicted molar refractivity (Wildman–Crippen MR) is 86.9 cm³/mol. The Kier molecular flexibility index (Phi) is 6.61. The number of rotatable bonds is 5. The highest BCUT2D eigenvalue weighted by Gasteiger charge is 2.21. The van der Waals surface area contributed by atoms with Crippen LogP contribution in [0.25, 0.3) is 0 Å². The van der Waals surface area contributed by atoms with E-state index < -0.39 is 0 Å². The quantitative estimate of drug-likeness (QED) is 0.916. The van der Waals surface area contributed by atoms with Gasteiger partial charge in [-0.1, -0.05) is 6.07 Å². The van der Waals surface area contributed by atoms with E-state index in [1.807, 2.05) is 36.9 Å². The first kappa shape index (κ1) is 17.1. The van der Waals surface area contributed by atoms with E-state index in [4.69, 9.17) is 5.73 Å². The van der Waals surface area contributed by atoms with Crippen molar-refractivity contribution in [3.05, 3.63) is 38.5 Å². The molecule has 0 spiro atoms. The molecule has 1 amide bonds. The third-order valence-electron chi connectivity index (χ3n) is 2.99. The first-order valence-corrected chi connectivity index (χ1v) is 7.84. The molecule has 2 heterocycles. The van der Waals surface area contributed by atoms with Crippen molar-refractivity contribution in [1.82, 2.24) is 9.88 Å². The first-order valence-electron chi connectivity index (χ1n) is 6.08. The van der Waals surface area contributed by atoms with Crippen LogP contribution >= 0.6 is 35.1 Å². The molecule has 7 heteroatoms. The Morgan fingerprint density at radius 1 is 1.50 bits per heavy atom. The summed E-state index contributed by atoms with van der Waals surface area (Å²) < 4.78 is 0. The summed E-state index contributed by atoms with van der Waals surface area (Å²) in [5.74, 6) is -0.0413. The summed E-state index contributed by atoms with van der Waals surface area (Å²) in [5, 5.41) is 4.75. The van der Waals surface area contributed by atoms with Gasteiger partial charge in [0.05, 0.1) is 11.0 Å². The van der Waals surface area contributed by atoms with E-state index >= 15 is 0 Å². The zero-order valence-corrected chi connectivity index (χ0v) is 13.9. The summed E-state index contributed by atoms with van der Waals surface area (Å²) in [7, 11) is 1.81. The van der Waals surface area contributed by atoms with E-state index in [9.17, 15) is 4.79 Å². The smallest absolute Gasteiger partial charge is 0.273 e. The van der Waals surface area contributed by atoms with Gasteiger partial charge in [-0.3, -0.25) is 4.79 Å². The van der Waals surface area contributed by atoms with Crippen molar-refractivity contribution in [2.75, 3.05) is 13.6 Å². The molecule has 2 aromatic rings. The second-order valence-corrected chi connectivity index (χ2v) is 6.19. The number of hydrogen-bond acceptors (Lipinski definition) is 5. The molecule has 0 aliphatic heterocycles. The Balaban J connectivity index is 0.00000200. The summed E-state index contributed by atoms with van der Waals surface area (Å²) in [6.45, 7) is 2.58. The van der Waals surface area contributed by atoms with Gasteiger partial charge in [-0.25, -0.2) is 4.98 Å². The van der Waals surface area contributed by atoms with Crippen molar-refractivity contribution in [2.45, 2.75) is 19.4 Å². The number of carbonyl (C=O) groups is 1. The van der Waals surface area contributed by atoms with Gasteiger partial charge in [-0.15, -0.1) is 35.1 Å². The Bertz CT molecular complexity index is 542. The molecular weight excluding hydrogens is 314 g/mol. The van der Waals surface area contributed by atoms with Crippen LogP contribution in [-0.4, -0.2) is 29.4 Å². The second kappa shape index (κ2) is 7.73. The summed E-state index contributed by atoms with van der Waals surface area (Å²) in [5.41, 5.74) is 6.00. The average molecular weight is 332 g/mol. The number of nitrogens with zero attached hydrogens (tertiary/aromatic N) is 2. The van der Waals surface area contributed by atoms with Crippen LogP contribution in [0.4, 0.5) is 0 Å². The average Bonchev–Trinajstić information content (AvgIpc) is 3.07. The van der Waals surface area contributed by atoms with E-state index in [2.05, 4.69) is 4.98 Å². The Morgan fingerprint density at radius 2 is 2.25 bits per heavy atom. The Morgan fingerprint density at radius 3 is 2.85 bits per heavy atom. The molecule has 2 rings (SSSR count). The zero-order valence-electron chi connectivity index (χ0n) is 11.4. The van der Waals surface area contributed by atoms with E-state index in [1.54, 1.807) is 16.2 Å². The normalized spacial score (nSPS) is 11.8. The summed E-state index contributed by atoms with van der Waals surface area (Å²) in [6.07, 6.45) is 0.724. The molecule has 0 fully saturated rings. The van der Waals surface area contributed by atoms with Gasteiger partial charge in [0, 0.05) is 23.7 Å². The van der Waals surface area contributed by atoms with Crippen LogP contribution < -0.4 is 5.73 Å². The van der Waals surface area contributed by atoms with Gasteiger partial charge in [0.1, 0.15) is 5.69 Å². The van der Waals surface area contributed by atoms with Crippen LogP contribution in [0.5, 0.6) is 0 Å². The SMILES string of the molecule is CC(c1cccs1)N(C)C(=O)c1csc(CCN)n1.Cl. The van der Waals surface area contributed by atoms with Gasteiger partial charge in [0.15, 0.2) is 0 Å². The number of carbonyl (C=O) groups excluding carboxylic acids is 1. The molecule has 1 atom stereocenters. The molecule has 0 saturated heterocycles. The third kappa shape index (κ3) is 3.79. The lowest BCUT2D eigenvalue weighted by atomic mass is 10.2. The lowest BCUT2D eigenvalue weighted by Crippen LogP contribution is -2.29. The van der Waals surface area contributed by atoms with Crippen LogP contribution in [0.3, 0.4) is 0 Å². The number of thiazole rings is 1. The van der Waals surface area contributed by atoms with Crippen molar-refractivity contribution in [2.24, 2.45) is 5.73 Å². The summed E-state index contributed by atoms with van der Waals surface area (Å²) >= 11 is 3.15. The lowest BCUT2D eigenvalue weighted by Gasteiger charge is -2.23. The van der Waals surface area contributed by atoms with E-state index in [0.717, 1.165) is 11.4 Å². The van der Waals surface area contributed by atoms with Crippen molar-refractivity contribution < 1.29 is 4.79 Å². The Labute approximate surface area is 133 Å². The van der Waals surface area contributed by atoms with Gasteiger partial charge in [-0.05, 0) is 24.9 Å². The van der Waals surface area contributed by atoms with Gasteiger partial charge in [-0.2, -0.15) is 0 Å². The molecule has 0 bridgehead atoms. The minimum Gasteiger partial charge on any atom is -0.333 e. The molecular formula is C13H18ClN3OS2.